The van der Waals surface area contributed by atoms with Crippen LogP contribution >= 0.6 is 0 Å². The highest BCUT2D eigenvalue weighted by atomic mass is 16.4. The largest absolute Gasteiger partial charge is 0.478 e. The number of fused-ring (bicyclic) bond motifs is 1. The van der Waals surface area contributed by atoms with Crippen LogP contribution in [0.2, 0.25) is 0 Å². The van der Waals surface area contributed by atoms with Crippen LogP contribution in [-0.2, 0) is 18.3 Å². The summed E-state index contributed by atoms with van der Waals surface area (Å²) >= 11 is 0. The minimum absolute atomic E-state index is 0.0611. The second kappa shape index (κ2) is 9.40. The highest BCUT2D eigenvalue weighted by molar-refractivity contribution is 5.85. The highest BCUT2D eigenvalue weighted by Crippen LogP contribution is 2.44. The lowest BCUT2D eigenvalue weighted by atomic mass is 9.83. The molecule has 2 heterocycles. The maximum Gasteiger partial charge on any atom is 0.328 e. The quantitative estimate of drug-likeness (QED) is 0.310. The van der Waals surface area contributed by atoms with Gasteiger partial charge in [-0.25, -0.2) is 4.79 Å². The summed E-state index contributed by atoms with van der Waals surface area (Å²) in [6.45, 7) is 2.31. The van der Waals surface area contributed by atoms with Gasteiger partial charge in [-0.1, -0.05) is 54.6 Å². The molecule has 0 spiro atoms. The zero-order valence-corrected chi connectivity index (χ0v) is 21.2. The van der Waals surface area contributed by atoms with Crippen molar-refractivity contribution in [2.45, 2.75) is 44.2 Å². The summed E-state index contributed by atoms with van der Waals surface area (Å²) in [6, 6.07) is 24.6. The van der Waals surface area contributed by atoms with E-state index in [0.717, 1.165) is 23.5 Å². The maximum atomic E-state index is 11.0. The Morgan fingerprint density at radius 3 is 2.35 bits per heavy atom. The number of aromatic nitrogens is 2. The van der Waals surface area contributed by atoms with Gasteiger partial charge in [0, 0.05) is 36.6 Å². The van der Waals surface area contributed by atoms with E-state index in [2.05, 4.69) is 77.7 Å². The molecule has 1 aliphatic carbocycles. The molecule has 6 rings (SSSR count). The first-order valence-corrected chi connectivity index (χ1v) is 13.0. The zero-order valence-electron chi connectivity index (χ0n) is 21.2. The maximum absolute atomic E-state index is 11.0. The van der Waals surface area contributed by atoms with E-state index in [1.54, 1.807) is 6.08 Å². The molecule has 4 aromatic rings. The van der Waals surface area contributed by atoms with E-state index in [0.29, 0.717) is 6.04 Å². The van der Waals surface area contributed by atoms with E-state index < -0.39 is 5.97 Å². The predicted molar refractivity (Wildman–Crippen MR) is 148 cm³/mol. The molecule has 1 fully saturated rings. The molecule has 37 heavy (non-hydrogen) atoms. The first-order chi connectivity index (χ1) is 18.0. The fourth-order valence-electron chi connectivity index (χ4n) is 5.66. The molecule has 186 valence electrons. The number of hydrogen-bond donors (Lipinski definition) is 1. The van der Waals surface area contributed by atoms with Crippen LogP contribution in [0.25, 0.3) is 17.2 Å². The number of carbonyl (C=O) groups is 1. The Morgan fingerprint density at radius 2 is 1.70 bits per heavy atom. The monoisotopic (exact) mass is 489 g/mol. The summed E-state index contributed by atoms with van der Waals surface area (Å²) in [5, 5.41) is 13.4. The van der Waals surface area contributed by atoms with Gasteiger partial charge in [0.2, 0.25) is 0 Å². The molecule has 2 atom stereocenters. The molecule has 1 N–H and O–H groups in total. The minimum Gasteiger partial charge on any atom is -0.478 e. The number of hydrogen-bond acceptors (Lipinski definition) is 3. The second-order valence-corrected chi connectivity index (χ2v) is 10.4. The number of nitrogens with zero attached hydrogens (tertiary/aromatic N) is 3. The van der Waals surface area contributed by atoms with Crippen LogP contribution in [0.1, 0.15) is 59.5 Å². The standard InChI is InChI=1S/C32H31N3O2/c1-21-17-27-18-26(28-19-33-34(2)20-28)12-15-30(27)32(25-6-3-22(4-7-25)5-16-31(36)37)35(21)29-13-10-24(11-14-29)23-8-9-23/h3-7,10-16,18-21,23,32H,8-9,17H2,1-2H3,(H,36,37)/b16-5+/t21?,32-/m0/s1. The molecule has 2 aliphatic rings. The van der Waals surface area contributed by atoms with Crippen molar-refractivity contribution in [2.75, 3.05) is 4.90 Å². The van der Waals surface area contributed by atoms with Gasteiger partial charge in [-0.2, -0.15) is 5.10 Å². The van der Waals surface area contributed by atoms with Crippen molar-refractivity contribution in [1.29, 1.82) is 0 Å². The van der Waals surface area contributed by atoms with Crippen LogP contribution in [0.3, 0.4) is 0 Å². The lowest BCUT2D eigenvalue weighted by Gasteiger charge is -2.44. The van der Waals surface area contributed by atoms with Crippen molar-refractivity contribution in [1.82, 2.24) is 9.78 Å². The number of carboxylic acids is 1. The van der Waals surface area contributed by atoms with Gasteiger partial charge >= 0.3 is 5.97 Å². The Labute approximate surface area is 217 Å². The molecular formula is C32H31N3O2. The number of aryl methyl sites for hydroxylation is 1. The molecule has 1 aliphatic heterocycles. The van der Waals surface area contributed by atoms with Crippen LogP contribution < -0.4 is 4.90 Å². The number of rotatable bonds is 6. The molecule has 0 saturated heterocycles. The Bertz CT molecular complexity index is 1460. The van der Waals surface area contributed by atoms with E-state index in [1.807, 2.05) is 30.1 Å². The van der Waals surface area contributed by atoms with E-state index in [9.17, 15) is 4.79 Å². The molecule has 3 aromatic carbocycles. The van der Waals surface area contributed by atoms with Gasteiger partial charge in [0.15, 0.2) is 0 Å². The summed E-state index contributed by atoms with van der Waals surface area (Å²) in [5.74, 6) is -0.203. The first-order valence-electron chi connectivity index (χ1n) is 13.0. The van der Waals surface area contributed by atoms with Crippen molar-refractivity contribution in [2.24, 2.45) is 7.05 Å². The van der Waals surface area contributed by atoms with E-state index in [-0.39, 0.29) is 6.04 Å². The molecule has 5 nitrogen and oxygen atoms in total. The minimum atomic E-state index is -0.940. The number of anilines is 1. The Kier molecular flexibility index (Phi) is 5.91. The summed E-state index contributed by atoms with van der Waals surface area (Å²) in [4.78, 5) is 13.5. The third kappa shape index (κ3) is 4.69. The third-order valence-corrected chi connectivity index (χ3v) is 7.65. The Hall–Kier alpha value is -4.12. The van der Waals surface area contributed by atoms with E-state index in [4.69, 9.17) is 5.11 Å². The van der Waals surface area contributed by atoms with E-state index >= 15 is 0 Å². The number of benzene rings is 3. The van der Waals surface area contributed by atoms with Crippen LogP contribution in [0.4, 0.5) is 5.69 Å². The molecule has 1 unspecified atom stereocenters. The molecule has 0 amide bonds. The molecule has 1 saturated carbocycles. The first kappa shape index (κ1) is 23.3. The lowest BCUT2D eigenvalue weighted by Crippen LogP contribution is -2.42. The average molecular weight is 490 g/mol. The van der Waals surface area contributed by atoms with Gasteiger partial charge < -0.3 is 10.0 Å². The van der Waals surface area contributed by atoms with Gasteiger partial charge in [-0.3, -0.25) is 4.68 Å². The van der Waals surface area contributed by atoms with Crippen molar-refractivity contribution in [3.05, 3.63) is 113 Å². The summed E-state index contributed by atoms with van der Waals surface area (Å²) < 4.78 is 1.84. The second-order valence-electron chi connectivity index (χ2n) is 10.4. The van der Waals surface area contributed by atoms with Gasteiger partial charge in [-0.05, 0) is 83.7 Å². The van der Waals surface area contributed by atoms with Crippen LogP contribution in [-0.4, -0.2) is 26.9 Å². The average Bonchev–Trinajstić information content (AvgIpc) is 3.66. The summed E-state index contributed by atoms with van der Waals surface area (Å²) in [5.41, 5.74) is 9.74. The van der Waals surface area contributed by atoms with Crippen molar-refractivity contribution in [3.8, 4) is 11.1 Å². The van der Waals surface area contributed by atoms with Crippen molar-refractivity contribution in [3.63, 3.8) is 0 Å². The Morgan fingerprint density at radius 1 is 0.973 bits per heavy atom. The smallest absolute Gasteiger partial charge is 0.328 e. The van der Waals surface area contributed by atoms with Crippen LogP contribution in [0.15, 0.2) is 85.2 Å². The lowest BCUT2D eigenvalue weighted by molar-refractivity contribution is -0.131. The van der Waals surface area contributed by atoms with Crippen LogP contribution in [0, 0.1) is 0 Å². The number of aliphatic carboxylic acids is 1. The van der Waals surface area contributed by atoms with Crippen LogP contribution in [0.5, 0.6) is 0 Å². The van der Waals surface area contributed by atoms with Crippen molar-refractivity contribution >= 4 is 17.7 Å². The number of carboxylic acid groups (broad SMARTS) is 1. The topological polar surface area (TPSA) is 58.4 Å². The van der Waals surface area contributed by atoms with Gasteiger partial charge in [0.1, 0.15) is 0 Å². The molecule has 0 radical (unpaired) electrons. The van der Waals surface area contributed by atoms with Gasteiger partial charge in [0.05, 0.1) is 12.2 Å². The Balaban J connectivity index is 1.42. The molecular weight excluding hydrogens is 458 g/mol. The summed E-state index contributed by atoms with van der Waals surface area (Å²) in [7, 11) is 1.95. The molecule has 1 aromatic heterocycles. The third-order valence-electron chi connectivity index (χ3n) is 7.65. The SMILES string of the molecule is CC1Cc2cc(-c3cnn(C)c3)ccc2[C@H](c2ccc(/C=C/C(=O)O)cc2)N1c1ccc(C2CC2)cc1. The summed E-state index contributed by atoms with van der Waals surface area (Å²) in [6.07, 6.45) is 10.4. The fourth-order valence-corrected chi connectivity index (χ4v) is 5.66. The van der Waals surface area contributed by atoms with Gasteiger partial charge in [-0.15, -0.1) is 0 Å². The van der Waals surface area contributed by atoms with E-state index in [1.165, 1.54) is 52.4 Å². The predicted octanol–water partition coefficient (Wildman–Crippen LogP) is 6.60. The van der Waals surface area contributed by atoms with Gasteiger partial charge in [0.25, 0.3) is 0 Å². The molecule has 0 bridgehead atoms. The highest BCUT2D eigenvalue weighted by Gasteiger charge is 2.34. The zero-order chi connectivity index (χ0) is 25.5. The molecule has 5 heteroatoms. The fraction of sp³-hybridized carbons (Fsp3) is 0.250. The normalized spacial score (nSPS) is 19.2. The van der Waals surface area contributed by atoms with Crippen molar-refractivity contribution < 1.29 is 9.90 Å².